The van der Waals surface area contributed by atoms with Crippen LogP contribution >= 0.6 is 0 Å². The molecule has 0 aliphatic rings. The van der Waals surface area contributed by atoms with Crippen LogP contribution in [0.5, 0.6) is 0 Å². The van der Waals surface area contributed by atoms with Crippen LogP contribution in [0.2, 0.25) is 25.7 Å². The summed E-state index contributed by atoms with van der Waals surface area (Å²) in [6.07, 6.45) is 3.28. The third kappa shape index (κ3) is 4.61. The lowest BCUT2D eigenvalue weighted by atomic mass is 10.1. The summed E-state index contributed by atoms with van der Waals surface area (Å²) in [4.78, 5) is 16.5. The molecule has 1 heterocycles. The van der Waals surface area contributed by atoms with Crippen molar-refractivity contribution in [3.8, 4) is 0 Å². The molecule has 2 rings (SSSR count). The van der Waals surface area contributed by atoms with Crippen LogP contribution in [0.25, 0.3) is 0 Å². The summed E-state index contributed by atoms with van der Waals surface area (Å²) in [6, 6.07) is 6.53. The largest absolute Gasteiger partial charge is 0.361 e. The van der Waals surface area contributed by atoms with Crippen LogP contribution < -0.4 is 0 Å². The van der Waals surface area contributed by atoms with Crippen molar-refractivity contribution in [1.82, 2.24) is 9.55 Å². The summed E-state index contributed by atoms with van der Waals surface area (Å²) >= 11 is 0. The number of hydrogen-bond donors (Lipinski definition) is 0. The lowest BCUT2D eigenvalue weighted by molar-refractivity contribution is 0.0812. The summed E-state index contributed by atoms with van der Waals surface area (Å²) in [5.41, 5.74) is 0.413. The monoisotopic (exact) mass is 320 g/mol. The lowest BCUT2D eigenvalue weighted by Gasteiger charge is -2.15. The zero-order chi connectivity index (χ0) is 16.2. The third-order valence-corrected chi connectivity index (χ3v) is 4.96. The van der Waals surface area contributed by atoms with Crippen molar-refractivity contribution in [2.45, 2.75) is 32.4 Å². The van der Waals surface area contributed by atoms with E-state index in [1.165, 1.54) is 24.3 Å². The predicted octanol–water partition coefficient (Wildman–Crippen LogP) is 3.57. The lowest BCUT2D eigenvalue weighted by Crippen LogP contribution is -2.22. The summed E-state index contributed by atoms with van der Waals surface area (Å²) in [5, 5.41) is 0. The Morgan fingerprint density at radius 2 is 1.95 bits per heavy atom. The molecule has 1 aromatic carbocycles. The minimum absolute atomic E-state index is 0.237. The number of ketones is 1. The minimum Gasteiger partial charge on any atom is -0.361 e. The van der Waals surface area contributed by atoms with Crippen molar-refractivity contribution in [3.05, 3.63) is 53.9 Å². The molecule has 1 aromatic heterocycles. The van der Waals surface area contributed by atoms with E-state index in [-0.39, 0.29) is 11.6 Å². The zero-order valence-corrected chi connectivity index (χ0v) is 14.2. The quantitative estimate of drug-likeness (QED) is 0.445. The first-order chi connectivity index (χ1) is 10.4. The van der Waals surface area contributed by atoms with Gasteiger partial charge in [-0.3, -0.25) is 4.79 Å². The summed E-state index contributed by atoms with van der Waals surface area (Å²) < 4.78 is 20.2. The van der Waals surface area contributed by atoms with Gasteiger partial charge in [0.25, 0.3) is 0 Å². The molecular weight excluding hydrogens is 299 g/mol. The summed E-state index contributed by atoms with van der Waals surface area (Å²) in [5.74, 6) is -0.298. The number of nitrogens with zero attached hydrogens (tertiary/aromatic N) is 2. The molecule has 0 radical (unpaired) electrons. The highest BCUT2D eigenvalue weighted by molar-refractivity contribution is 6.76. The number of hydrogen-bond acceptors (Lipinski definition) is 3. The van der Waals surface area contributed by atoms with Crippen LogP contribution in [0.1, 0.15) is 16.2 Å². The molecule has 2 aromatic rings. The number of halogens is 1. The number of carbonyl (C=O) groups excluding carboxylic acids is 1. The number of imidazole rings is 1. The first kappa shape index (κ1) is 16.6. The third-order valence-electron chi connectivity index (χ3n) is 3.25. The molecule has 0 saturated heterocycles. The second-order valence-corrected chi connectivity index (χ2v) is 12.0. The maximum absolute atomic E-state index is 12.9. The van der Waals surface area contributed by atoms with E-state index >= 15 is 0 Å². The van der Waals surface area contributed by atoms with Crippen molar-refractivity contribution in [2.75, 3.05) is 6.61 Å². The molecule has 0 atom stereocenters. The SMILES string of the molecule is C[Si](C)(C)CCOCn1ccnc1C(=O)c1ccc(F)cc1. The first-order valence-corrected chi connectivity index (χ1v) is 11.0. The second kappa shape index (κ2) is 6.98. The van der Waals surface area contributed by atoms with Crippen LogP contribution in [0.15, 0.2) is 36.7 Å². The fourth-order valence-electron chi connectivity index (χ4n) is 1.89. The van der Waals surface area contributed by atoms with Gasteiger partial charge in [-0.25, -0.2) is 9.37 Å². The van der Waals surface area contributed by atoms with E-state index in [1.54, 1.807) is 17.0 Å². The average Bonchev–Trinajstić information content (AvgIpc) is 2.91. The Balaban J connectivity index is 2.00. The van der Waals surface area contributed by atoms with Crippen LogP contribution in [-0.2, 0) is 11.5 Å². The molecule has 0 N–H and O–H groups in total. The van der Waals surface area contributed by atoms with E-state index in [4.69, 9.17) is 4.74 Å². The average molecular weight is 320 g/mol. The highest BCUT2D eigenvalue weighted by Crippen LogP contribution is 2.11. The Kier molecular flexibility index (Phi) is 5.26. The smallest absolute Gasteiger partial charge is 0.228 e. The van der Waals surface area contributed by atoms with Gasteiger partial charge in [-0.05, 0) is 30.3 Å². The molecule has 118 valence electrons. The van der Waals surface area contributed by atoms with Crippen molar-refractivity contribution >= 4 is 13.9 Å². The van der Waals surface area contributed by atoms with Gasteiger partial charge in [0.15, 0.2) is 5.82 Å². The van der Waals surface area contributed by atoms with Crippen molar-refractivity contribution in [2.24, 2.45) is 0 Å². The molecule has 0 aliphatic heterocycles. The van der Waals surface area contributed by atoms with Gasteiger partial charge >= 0.3 is 0 Å². The molecule has 0 bridgehead atoms. The van der Waals surface area contributed by atoms with E-state index in [2.05, 4.69) is 24.6 Å². The standard InChI is InChI=1S/C16H21FN2O2Si/c1-22(2,3)11-10-21-12-19-9-8-18-16(19)15(20)13-4-6-14(17)7-5-13/h4-9H,10-12H2,1-3H3. The van der Waals surface area contributed by atoms with Gasteiger partial charge in [0, 0.05) is 32.6 Å². The van der Waals surface area contributed by atoms with E-state index in [0.717, 1.165) is 6.04 Å². The van der Waals surface area contributed by atoms with Crippen LogP contribution in [0, 0.1) is 5.82 Å². The number of benzene rings is 1. The number of carbonyl (C=O) groups is 1. The Bertz CT molecular complexity index is 632. The van der Waals surface area contributed by atoms with Gasteiger partial charge in [-0.2, -0.15) is 0 Å². The van der Waals surface area contributed by atoms with Crippen molar-refractivity contribution in [1.29, 1.82) is 0 Å². The van der Waals surface area contributed by atoms with E-state index < -0.39 is 8.07 Å². The van der Waals surface area contributed by atoms with Gasteiger partial charge in [0.1, 0.15) is 12.5 Å². The van der Waals surface area contributed by atoms with Crippen molar-refractivity contribution < 1.29 is 13.9 Å². The molecule has 0 aliphatic carbocycles. The van der Waals surface area contributed by atoms with Gasteiger partial charge < -0.3 is 9.30 Å². The molecule has 0 spiro atoms. The minimum atomic E-state index is -1.13. The Morgan fingerprint density at radius 3 is 2.59 bits per heavy atom. The molecule has 22 heavy (non-hydrogen) atoms. The highest BCUT2D eigenvalue weighted by atomic mass is 28.3. The Hall–Kier alpha value is -1.79. The van der Waals surface area contributed by atoms with Gasteiger partial charge in [-0.15, -0.1) is 0 Å². The number of ether oxygens (including phenoxy) is 1. The molecule has 0 unspecified atom stereocenters. The molecule has 4 nitrogen and oxygen atoms in total. The normalized spacial score (nSPS) is 11.6. The van der Waals surface area contributed by atoms with Crippen LogP contribution in [-0.4, -0.2) is 30.0 Å². The van der Waals surface area contributed by atoms with Crippen LogP contribution in [0.4, 0.5) is 4.39 Å². The molecule has 0 saturated carbocycles. The maximum Gasteiger partial charge on any atom is 0.228 e. The highest BCUT2D eigenvalue weighted by Gasteiger charge is 2.16. The maximum atomic E-state index is 12.9. The first-order valence-electron chi connectivity index (χ1n) is 7.26. The second-order valence-electron chi connectivity index (χ2n) is 6.40. The fourth-order valence-corrected chi connectivity index (χ4v) is 2.65. The Labute approximate surface area is 131 Å². The van der Waals surface area contributed by atoms with Gasteiger partial charge in [0.2, 0.25) is 5.78 Å². The zero-order valence-electron chi connectivity index (χ0n) is 13.2. The van der Waals surface area contributed by atoms with Gasteiger partial charge in [0.05, 0.1) is 0 Å². The van der Waals surface area contributed by atoms with Gasteiger partial charge in [-0.1, -0.05) is 19.6 Å². The summed E-state index contributed by atoms with van der Waals surface area (Å²) in [7, 11) is -1.13. The molecule has 0 amide bonds. The summed E-state index contributed by atoms with van der Waals surface area (Å²) in [6.45, 7) is 7.84. The molecule has 0 fully saturated rings. The van der Waals surface area contributed by atoms with E-state index in [0.29, 0.717) is 24.7 Å². The van der Waals surface area contributed by atoms with E-state index in [9.17, 15) is 9.18 Å². The topological polar surface area (TPSA) is 44.1 Å². The van der Waals surface area contributed by atoms with Crippen molar-refractivity contribution in [3.63, 3.8) is 0 Å². The van der Waals surface area contributed by atoms with Crippen LogP contribution in [0.3, 0.4) is 0 Å². The number of rotatable bonds is 7. The molecular formula is C16H21FN2O2Si. The Morgan fingerprint density at radius 1 is 1.27 bits per heavy atom. The molecule has 6 heteroatoms. The predicted molar refractivity (Wildman–Crippen MR) is 86.2 cm³/mol. The number of aromatic nitrogens is 2. The fraction of sp³-hybridized carbons (Fsp3) is 0.375. The van der Waals surface area contributed by atoms with E-state index in [1.807, 2.05) is 0 Å².